The van der Waals surface area contributed by atoms with E-state index in [0.717, 1.165) is 24.0 Å². The summed E-state index contributed by atoms with van der Waals surface area (Å²) in [4.78, 5) is 40.2. The molecule has 0 saturated heterocycles. The lowest BCUT2D eigenvalue weighted by Gasteiger charge is -2.32. The Morgan fingerprint density at radius 1 is 0.812 bits per heavy atom. The molecule has 0 unspecified atom stereocenters. The first-order chi connectivity index (χ1) is 22.1. The van der Waals surface area contributed by atoms with Gasteiger partial charge in [-0.15, -0.1) is 0 Å². The minimum absolute atomic E-state index is 0.203. The number of carbonyl (C=O) groups excluding carboxylic acids is 3. The van der Waals surface area contributed by atoms with Gasteiger partial charge in [0.25, 0.3) is 0 Å². The van der Waals surface area contributed by atoms with Crippen molar-refractivity contribution in [1.29, 1.82) is 0 Å². The van der Waals surface area contributed by atoms with Gasteiger partial charge in [-0.25, -0.2) is 13.1 Å². The lowest BCUT2D eigenvalue weighted by Crippen LogP contribution is -2.54. The van der Waals surface area contributed by atoms with Crippen LogP contribution in [-0.2, 0) is 35.6 Å². The van der Waals surface area contributed by atoms with E-state index >= 15 is 0 Å². The van der Waals surface area contributed by atoms with Crippen LogP contribution in [0.5, 0.6) is 0 Å². The van der Waals surface area contributed by atoms with Crippen molar-refractivity contribution in [3.63, 3.8) is 0 Å². The standard InChI is InChI=1S/C38H59N3O6S/c1-12-13-16-29(35(44)47-38(8,9)10)25-28(33(42)40-32(34(43)39-11)36(2,3)4)24-21-26-19-22-27(23-20-26)30-17-14-15-18-31(30)48(45,46)41-37(5,6)7/h14-15,17-20,22-23,28-29,32,41H,12-13,16,21,24-25H2,1-11H3,(H,39,43)(H,40,42)/t28-,29+,32-/m1/s1. The molecule has 0 spiro atoms. The summed E-state index contributed by atoms with van der Waals surface area (Å²) in [7, 11) is -2.22. The van der Waals surface area contributed by atoms with Crippen LogP contribution >= 0.6 is 0 Å². The molecule has 0 radical (unpaired) electrons. The van der Waals surface area contributed by atoms with Crippen LogP contribution in [-0.4, -0.2) is 50.4 Å². The zero-order valence-corrected chi connectivity index (χ0v) is 31.8. The van der Waals surface area contributed by atoms with Crippen LogP contribution in [0, 0.1) is 17.3 Å². The van der Waals surface area contributed by atoms with Crippen molar-refractivity contribution < 1.29 is 27.5 Å². The van der Waals surface area contributed by atoms with Gasteiger partial charge in [0.2, 0.25) is 21.8 Å². The van der Waals surface area contributed by atoms with Crippen LogP contribution in [0.2, 0.25) is 0 Å². The lowest BCUT2D eigenvalue weighted by atomic mass is 9.83. The molecule has 0 aromatic heterocycles. The van der Waals surface area contributed by atoms with Gasteiger partial charge in [-0.2, -0.15) is 0 Å². The Labute approximate surface area is 289 Å². The third-order valence-electron chi connectivity index (χ3n) is 7.91. The van der Waals surface area contributed by atoms with Crippen molar-refractivity contribution in [3.8, 4) is 11.1 Å². The highest BCUT2D eigenvalue weighted by molar-refractivity contribution is 7.89. The first-order valence-electron chi connectivity index (χ1n) is 17.0. The molecular weight excluding hydrogens is 627 g/mol. The zero-order valence-electron chi connectivity index (χ0n) is 31.0. The van der Waals surface area contributed by atoms with E-state index in [1.54, 1.807) is 46.0 Å². The fourth-order valence-corrected chi connectivity index (χ4v) is 7.19. The van der Waals surface area contributed by atoms with Crippen LogP contribution in [0.3, 0.4) is 0 Å². The molecule has 2 amide bonds. The quantitative estimate of drug-likeness (QED) is 0.177. The molecular formula is C38H59N3O6S. The van der Waals surface area contributed by atoms with Crippen LogP contribution in [0.15, 0.2) is 53.4 Å². The Kier molecular flexibility index (Phi) is 14.4. The van der Waals surface area contributed by atoms with E-state index in [1.165, 1.54) is 0 Å². The molecule has 2 aromatic rings. The number of rotatable bonds is 15. The second kappa shape index (κ2) is 16.9. The number of nitrogens with one attached hydrogen (secondary N) is 3. The van der Waals surface area contributed by atoms with Gasteiger partial charge in [-0.05, 0) is 89.8 Å². The Morgan fingerprint density at radius 3 is 1.94 bits per heavy atom. The third-order valence-corrected chi connectivity index (χ3v) is 9.73. The lowest BCUT2D eigenvalue weighted by molar-refractivity contribution is -0.161. The Bertz CT molecular complexity index is 1480. The van der Waals surface area contributed by atoms with Crippen LogP contribution in [0.4, 0.5) is 0 Å². The summed E-state index contributed by atoms with van der Waals surface area (Å²) >= 11 is 0. The predicted molar refractivity (Wildman–Crippen MR) is 193 cm³/mol. The molecule has 3 N–H and O–H groups in total. The maximum Gasteiger partial charge on any atom is 0.309 e. The fraction of sp³-hybridized carbons (Fsp3) is 0.605. The summed E-state index contributed by atoms with van der Waals surface area (Å²) in [6.45, 7) is 18.7. The molecule has 0 fully saturated rings. The number of aryl methyl sites for hydroxylation is 1. The highest BCUT2D eigenvalue weighted by Gasteiger charge is 2.36. The molecule has 2 aromatic carbocycles. The summed E-state index contributed by atoms with van der Waals surface area (Å²) in [6.07, 6.45) is 3.62. The summed E-state index contributed by atoms with van der Waals surface area (Å²) in [5.74, 6) is -1.88. The van der Waals surface area contributed by atoms with Gasteiger partial charge in [0.1, 0.15) is 11.6 Å². The van der Waals surface area contributed by atoms with Crippen molar-refractivity contribution in [2.24, 2.45) is 17.3 Å². The highest BCUT2D eigenvalue weighted by atomic mass is 32.2. The van der Waals surface area contributed by atoms with Gasteiger partial charge in [-0.3, -0.25) is 14.4 Å². The van der Waals surface area contributed by atoms with E-state index in [9.17, 15) is 22.8 Å². The van der Waals surface area contributed by atoms with Gasteiger partial charge in [0, 0.05) is 24.1 Å². The number of likely N-dealkylation sites (N-methyl/N-ethyl adjacent to an activating group) is 1. The van der Waals surface area contributed by atoms with E-state index in [2.05, 4.69) is 22.3 Å². The van der Waals surface area contributed by atoms with Gasteiger partial charge < -0.3 is 15.4 Å². The van der Waals surface area contributed by atoms with Gasteiger partial charge in [0.15, 0.2) is 0 Å². The summed E-state index contributed by atoms with van der Waals surface area (Å²) in [6, 6.07) is 13.8. The fourth-order valence-electron chi connectivity index (χ4n) is 5.54. The third kappa shape index (κ3) is 13.0. The minimum Gasteiger partial charge on any atom is -0.460 e. The monoisotopic (exact) mass is 685 g/mol. The van der Waals surface area contributed by atoms with E-state index < -0.39 is 44.5 Å². The first-order valence-corrected chi connectivity index (χ1v) is 18.5. The zero-order chi connectivity index (χ0) is 36.5. The normalized spacial score (nSPS) is 14.5. The maximum atomic E-state index is 13.9. The molecule has 0 heterocycles. The molecule has 2 rings (SSSR count). The molecule has 0 aliphatic carbocycles. The summed E-state index contributed by atoms with van der Waals surface area (Å²) in [5, 5.41) is 5.65. The number of amides is 2. The molecule has 0 bridgehead atoms. The molecule has 9 nitrogen and oxygen atoms in total. The topological polar surface area (TPSA) is 131 Å². The van der Waals surface area contributed by atoms with E-state index in [0.29, 0.717) is 31.2 Å². The highest BCUT2D eigenvalue weighted by Crippen LogP contribution is 2.30. The SMILES string of the molecule is CCCC[C@@H](C[C@@H](CCc1ccc(-c2ccccc2S(=O)(=O)NC(C)(C)C)cc1)C(=O)N[C@H](C(=O)NC)C(C)(C)C)C(=O)OC(C)(C)C. The second-order valence-corrected chi connectivity index (χ2v) is 17.5. The van der Waals surface area contributed by atoms with Crippen molar-refractivity contribution in [2.45, 2.75) is 130 Å². The average molecular weight is 686 g/mol. The number of benzene rings is 2. The molecule has 48 heavy (non-hydrogen) atoms. The predicted octanol–water partition coefficient (Wildman–Crippen LogP) is 6.79. The number of ether oxygens (including phenoxy) is 1. The number of unbranched alkanes of at least 4 members (excludes halogenated alkanes) is 1. The number of sulfonamides is 1. The average Bonchev–Trinajstić information content (AvgIpc) is 2.96. The second-order valence-electron chi connectivity index (χ2n) is 15.8. The van der Waals surface area contributed by atoms with E-state index in [1.807, 2.05) is 71.9 Å². The summed E-state index contributed by atoms with van der Waals surface area (Å²) < 4.78 is 34.9. The molecule has 0 aliphatic rings. The molecule has 0 saturated carbocycles. The Hall–Kier alpha value is -3.24. The van der Waals surface area contributed by atoms with Gasteiger partial charge >= 0.3 is 5.97 Å². The van der Waals surface area contributed by atoms with Crippen LogP contribution in [0.1, 0.15) is 107 Å². The molecule has 3 atom stereocenters. The smallest absolute Gasteiger partial charge is 0.309 e. The van der Waals surface area contributed by atoms with Gasteiger partial charge in [-0.1, -0.05) is 83.0 Å². The van der Waals surface area contributed by atoms with E-state index in [4.69, 9.17) is 4.74 Å². The van der Waals surface area contributed by atoms with Crippen molar-refractivity contribution in [2.75, 3.05) is 7.05 Å². The number of carbonyl (C=O) groups is 3. The van der Waals surface area contributed by atoms with Gasteiger partial charge in [0.05, 0.1) is 10.8 Å². The van der Waals surface area contributed by atoms with E-state index in [-0.39, 0.29) is 22.7 Å². The molecule has 0 aliphatic heterocycles. The largest absolute Gasteiger partial charge is 0.460 e. The van der Waals surface area contributed by atoms with Crippen LogP contribution < -0.4 is 15.4 Å². The first kappa shape index (κ1) is 40.9. The Balaban J connectivity index is 2.40. The number of hydrogen-bond donors (Lipinski definition) is 3. The molecule has 10 heteroatoms. The summed E-state index contributed by atoms with van der Waals surface area (Å²) in [5.41, 5.74) is 0.492. The van der Waals surface area contributed by atoms with Crippen molar-refractivity contribution in [1.82, 2.24) is 15.4 Å². The number of esters is 1. The number of hydrogen-bond acceptors (Lipinski definition) is 6. The Morgan fingerprint density at radius 2 is 1.42 bits per heavy atom. The molecule has 268 valence electrons. The van der Waals surface area contributed by atoms with Crippen molar-refractivity contribution in [3.05, 3.63) is 54.1 Å². The van der Waals surface area contributed by atoms with Crippen molar-refractivity contribution >= 4 is 27.8 Å². The minimum atomic E-state index is -3.76. The maximum absolute atomic E-state index is 13.9. The van der Waals surface area contributed by atoms with Crippen LogP contribution in [0.25, 0.3) is 11.1 Å².